The van der Waals surface area contributed by atoms with E-state index in [4.69, 9.17) is 5.73 Å². The number of carbonyl (C=O) groups is 1. The van der Waals surface area contributed by atoms with Gasteiger partial charge in [0.05, 0.1) is 29.1 Å². The van der Waals surface area contributed by atoms with Crippen LogP contribution in [-0.4, -0.2) is 32.6 Å². The number of nitrogen functional groups attached to an aromatic ring is 1. The number of carbonyl (C=O) groups excluding carboxylic acids is 1. The summed E-state index contributed by atoms with van der Waals surface area (Å²) in [5.41, 5.74) is 10.3. The molecule has 2 heterocycles. The summed E-state index contributed by atoms with van der Waals surface area (Å²) in [5, 5.41) is 6.18. The van der Waals surface area contributed by atoms with Crippen LogP contribution in [0.25, 0.3) is 0 Å². The van der Waals surface area contributed by atoms with Gasteiger partial charge in [-0.2, -0.15) is 5.10 Å². The monoisotopic (exact) mass is 279 g/mol. The average Bonchev–Trinajstić information content (AvgIpc) is 2.97. The van der Waals surface area contributed by atoms with Gasteiger partial charge in [-0.3, -0.25) is 9.48 Å². The molecule has 1 amide bonds. The van der Waals surface area contributed by atoms with Crippen molar-refractivity contribution in [3.8, 4) is 0 Å². The standard InChI is InChI=1S/C12H17N5OS/c1-4-9-10(13)11(17(3)15-9)12(18)16(2)5-8-6-19-7-14-8/h6-7H,4-5,13H2,1-3H3. The number of nitrogens with two attached hydrogens (primary N) is 1. The molecule has 0 aliphatic heterocycles. The molecule has 2 aromatic heterocycles. The van der Waals surface area contributed by atoms with Crippen molar-refractivity contribution >= 4 is 22.9 Å². The van der Waals surface area contributed by atoms with Gasteiger partial charge in [-0.05, 0) is 6.42 Å². The molecule has 2 aromatic rings. The summed E-state index contributed by atoms with van der Waals surface area (Å²) < 4.78 is 1.55. The van der Waals surface area contributed by atoms with Crippen molar-refractivity contribution in [3.05, 3.63) is 28.0 Å². The lowest BCUT2D eigenvalue weighted by Gasteiger charge is -2.16. The van der Waals surface area contributed by atoms with Crippen LogP contribution in [0.1, 0.15) is 28.8 Å². The zero-order chi connectivity index (χ0) is 14.0. The zero-order valence-electron chi connectivity index (χ0n) is 11.3. The third-order valence-corrected chi connectivity index (χ3v) is 3.56. The molecule has 7 heteroatoms. The summed E-state index contributed by atoms with van der Waals surface area (Å²) in [6, 6.07) is 0. The van der Waals surface area contributed by atoms with Crippen molar-refractivity contribution in [2.24, 2.45) is 7.05 Å². The highest BCUT2D eigenvalue weighted by Gasteiger charge is 2.22. The molecule has 0 aliphatic rings. The van der Waals surface area contributed by atoms with E-state index in [0.29, 0.717) is 24.3 Å². The van der Waals surface area contributed by atoms with Gasteiger partial charge in [0.25, 0.3) is 5.91 Å². The SMILES string of the molecule is CCc1nn(C)c(C(=O)N(C)Cc2cscn2)c1N. The molecule has 0 fully saturated rings. The van der Waals surface area contributed by atoms with Gasteiger partial charge >= 0.3 is 0 Å². The van der Waals surface area contributed by atoms with Crippen LogP contribution in [0.4, 0.5) is 5.69 Å². The smallest absolute Gasteiger partial charge is 0.274 e. The Morgan fingerprint density at radius 1 is 1.58 bits per heavy atom. The van der Waals surface area contributed by atoms with Gasteiger partial charge < -0.3 is 10.6 Å². The van der Waals surface area contributed by atoms with Crippen LogP contribution in [0.15, 0.2) is 10.9 Å². The number of aromatic nitrogens is 3. The molecule has 0 radical (unpaired) electrons. The van der Waals surface area contributed by atoms with Crippen molar-refractivity contribution in [2.45, 2.75) is 19.9 Å². The second-order valence-electron chi connectivity index (χ2n) is 4.33. The third kappa shape index (κ3) is 2.60. The first-order valence-corrected chi connectivity index (χ1v) is 6.92. The van der Waals surface area contributed by atoms with E-state index in [-0.39, 0.29) is 5.91 Å². The predicted octanol–water partition coefficient (Wildman–Crippen LogP) is 1.29. The number of nitrogens with zero attached hydrogens (tertiary/aromatic N) is 4. The van der Waals surface area contributed by atoms with E-state index in [0.717, 1.165) is 11.4 Å². The number of thiazole rings is 1. The van der Waals surface area contributed by atoms with E-state index >= 15 is 0 Å². The van der Waals surface area contributed by atoms with Crippen LogP contribution in [0.3, 0.4) is 0 Å². The normalized spacial score (nSPS) is 10.7. The summed E-state index contributed by atoms with van der Waals surface area (Å²) in [7, 11) is 3.47. The first-order valence-electron chi connectivity index (χ1n) is 5.98. The van der Waals surface area contributed by atoms with Crippen LogP contribution >= 0.6 is 11.3 Å². The summed E-state index contributed by atoms with van der Waals surface area (Å²) in [5.74, 6) is -0.139. The molecule has 0 aromatic carbocycles. The topological polar surface area (TPSA) is 77.0 Å². The Bertz CT molecular complexity index is 575. The quantitative estimate of drug-likeness (QED) is 0.915. The number of amides is 1. The molecule has 0 atom stereocenters. The maximum Gasteiger partial charge on any atom is 0.274 e. The van der Waals surface area contributed by atoms with Gasteiger partial charge in [0.1, 0.15) is 5.69 Å². The summed E-state index contributed by atoms with van der Waals surface area (Å²) in [6.45, 7) is 2.43. The van der Waals surface area contributed by atoms with Crippen LogP contribution < -0.4 is 5.73 Å². The average molecular weight is 279 g/mol. The molecular weight excluding hydrogens is 262 g/mol. The Kier molecular flexibility index (Phi) is 3.84. The highest BCUT2D eigenvalue weighted by atomic mass is 32.1. The molecular formula is C12H17N5OS. The van der Waals surface area contributed by atoms with Gasteiger partial charge in [-0.25, -0.2) is 4.98 Å². The lowest BCUT2D eigenvalue weighted by molar-refractivity contribution is 0.0774. The predicted molar refractivity (Wildman–Crippen MR) is 74.9 cm³/mol. The van der Waals surface area contributed by atoms with E-state index in [9.17, 15) is 4.79 Å². The fourth-order valence-corrected chi connectivity index (χ4v) is 2.47. The maximum absolute atomic E-state index is 12.4. The van der Waals surface area contributed by atoms with E-state index in [2.05, 4.69) is 10.1 Å². The number of hydrogen-bond acceptors (Lipinski definition) is 5. The Balaban J connectivity index is 2.21. The maximum atomic E-state index is 12.4. The molecule has 102 valence electrons. The van der Waals surface area contributed by atoms with Gasteiger partial charge in [0, 0.05) is 19.5 Å². The summed E-state index contributed by atoms with van der Waals surface area (Å²) in [6.07, 6.45) is 0.711. The van der Waals surface area contributed by atoms with Gasteiger partial charge in [0.15, 0.2) is 0 Å². The second-order valence-corrected chi connectivity index (χ2v) is 5.05. The van der Waals surface area contributed by atoms with E-state index < -0.39 is 0 Å². The molecule has 0 spiro atoms. The molecule has 0 saturated carbocycles. The van der Waals surface area contributed by atoms with Gasteiger partial charge in [-0.15, -0.1) is 11.3 Å². The minimum absolute atomic E-state index is 0.139. The van der Waals surface area contributed by atoms with Crippen LogP contribution in [0.5, 0.6) is 0 Å². The number of rotatable bonds is 4. The Morgan fingerprint density at radius 3 is 2.84 bits per heavy atom. The molecule has 19 heavy (non-hydrogen) atoms. The molecule has 0 unspecified atom stereocenters. The molecule has 2 rings (SSSR count). The molecule has 6 nitrogen and oxygen atoms in total. The van der Waals surface area contributed by atoms with Crippen molar-refractivity contribution in [1.82, 2.24) is 19.7 Å². The van der Waals surface area contributed by atoms with Gasteiger partial charge in [-0.1, -0.05) is 6.92 Å². The lowest BCUT2D eigenvalue weighted by atomic mass is 10.2. The highest BCUT2D eigenvalue weighted by Crippen LogP contribution is 2.19. The fraction of sp³-hybridized carbons (Fsp3) is 0.417. The summed E-state index contributed by atoms with van der Waals surface area (Å²) in [4.78, 5) is 18.2. The fourth-order valence-electron chi connectivity index (χ4n) is 1.92. The van der Waals surface area contributed by atoms with E-state index in [1.807, 2.05) is 12.3 Å². The lowest BCUT2D eigenvalue weighted by Crippen LogP contribution is -2.28. The minimum Gasteiger partial charge on any atom is -0.395 e. The zero-order valence-corrected chi connectivity index (χ0v) is 12.1. The Hall–Kier alpha value is -1.89. The van der Waals surface area contributed by atoms with Crippen molar-refractivity contribution in [2.75, 3.05) is 12.8 Å². The van der Waals surface area contributed by atoms with Crippen LogP contribution in [0.2, 0.25) is 0 Å². The van der Waals surface area contributed by atoms with Crippen LogP contribution in [0, 0.1) is 0 Å². The molecule has 0 bridgehead atoms. The third-order valence-electron chi connectivity index (χ3n) is 2.93. The second kappa shape index (κ2) is 5.40. The summed E-state index contributed by atoms with van der Waals surface area (Å²) >= 11 is 1.51. The van der Waals surface area contributed by atoms with Crippen LogP contribution in [-0.2, 0) is 20.0 Å². The molecule has 0 aliphatic carbocycles. The molecule has 2 N–H and O–H groups in total. The van der Waals surface area contributed by atoms with Gasteiger partial charge in [0.2, 0.25) is 0 Å². The van der Waals surface area contributed by atoms with Crippen molar-refractivity contribution < 1.29 is 4.79 Å². The van der Waals surface area contributed by atoms with Crippen molar-refractivity contribution in [3.63, 3.8) is 0 Å². The highest BCUT2D eigenvalue weighted by molar-refractivity contribution is 7.07. The first kappa shape index (κ1) is 13.5. The van der Waals surface area contributed by atoms with E-state index in [1.165, 1.54) is 11.3 Å². The van der Waals surface area contributed by atoms with E-state index in [1.54, 1.807) is 29.2 Å². The first-order chi connectivity index (χ1) is 9.04. The van der Waals surface area contributed by atoms with Crippen molar-refractivity contribution in [1.29, 1.82) is 0 Å². The number of anilines is 1. The Labute approximate surface area is 115 Å². The number of aryl methyl sites for hydroxylation is 2. The molecule has 0 saturated heterocycles. The Morgan fingerprint density at radius 2 is 2.32 bits per heavy atom. The number of hydrogen-bond donors (Lipinski definition) is 1. The minimum atomic E-state index is -0.139. The largest absolute Gasteiger partial charge is 0.395 e.